The smallest absolute Gasteiger partial charge is 0.214 e. The Bertz CT molecular complexity index is 1180. The van der Waals surface area contributed by atoms with Gasteiger partial charge in [-0.15, -0.1) is 0 Å². The third-order valence-corrected chi connectivity index (χ3v) is 6.07. The third-order valence-electron chi connectivity index (χ3n) is 6.07. The fourth-order valence-electron chi connectivity index (χ4n) is 4.48. The zero-order chi connectivity index (χ0) is 22.9. The number of benzene rings is 3. The molecule has 0 aromatic heterocycles. The summed E-state index contributed by atoms with van der Waals surface area (Å²) in [6.07, 6.45) is 0.302. The second kappa shape index (κ2) is 8.58. The first kappa shape index (κ1) is 21.0. The lowest BCUT2D eigenvalue weighted by Crippen LogP contribution is -2.33. The number of para-hydroxylation sites is 1. The summed E-state index contributed by atoms with van der Waals surface area (Å²) in [6, 6.07) is 20.0. The molecule has 7 heteroatoms. The molecular formula is C26H26N2O5. The van der Waals surface area contributed by atoms with Gasteiger partial charge in [-0.05, 0) is 30.3 Å². The molecule has 0 saturated heterocycles. The van der Waals surface area contributed by atoms with Crippen molar-refractivity contribution in [3.63, 3.8) is 0 Å². The molecule has 2 atom stereocenters. The van der Waals surface area contributed by atoms with Crippen molar-refractivity contribution in [3.8, 4) is 28.7 Å². The van der Waals surface area contributed by atoms with Crippen molar-refractivity contribution >= 4 is 5.71 Å². The zero-order valence-electron chi connectivity index (χ0n) is 19.1. The van der Waals surface area contributed by atoms with Gasteiger partial charge in [0, 0.05) is 23.1 Å². The van der Waals surface area contributed by atoms with E-state index in [1.54, 1.807) is 28.4 Å². The lowest BCUT2D eigenvalue weighted by atomic mass is 9.96. The van der Waals surface area contributed by atoms with Gasteiger partial charge in [0.1, 0.15) is 11.5 Å². The van der Waals surface area contributed by atoms with Gasteiger partial charge in [0.2, 0.25) is 12.0 Å². The maximum atomic E-state index is 6.48. The van der Waals surface area contributed by atoms with Gasteiger partial charge in [0.15, 0.2) is 11.5 Å². The van der Waals surface area contributed by atoms with Crippen LogP contribution in [0.4, 0.5) is 0 Å². The Kier molecular flexibility index (Phi) is 5.46. The molecule has 170 valence electrons. The monoisotopic (exact) mass is 446 g/mol. The summed E-state index contributed by atoms with van der Waals surface area (Å²) in [4.78, 5) is 0. The molecule has 0 fully saturated rings. The molecule has 0 spiro atoms. The van der Waals surface area contributed by atoms with Crippen molar-refractivity contribution in [1.82, 2.24) is 5.01 Å². The van der Waals surface area contributed by atoms with Crippen molar-refractivity contribution in [1.29, 1.82) is 0 Å². The van der Waals surface area contributed by atoms with Crippen molar-refractivity contribution in [2.75, 3.05) is 28.4 Å². The predicted molar refractivity (Wildman–Crippen MR) is 125 cm³/mol. The highest BCUT2D eigenvalue weighted by Crippen LogP contribution is 2.49. The number of rotatable bonds is 6. The largest absolute Gasteiger partial charge is 0.497 e. The molecule has 3 aromatic carbocycles. The standard InChI is InChI=1S/C26H26N2O5/c1-29-18-9-7-8-16(12-18)20-15-21-19-10-5-6-11-22(19)33-26(28(21)27-20)17-13-23(30-2)25(32-4)24(14-17)31-3/h5-14,21,26H,15H2,1-4H3/t21-,26+/m0/s1. The van der Waals surface area contributed by atoms with E-state index in [2.05, 4.69) is 12.1 Å². The number of methoxy groups -OCH3 is 4. The Morgan fingerprint density at radius 2 is 1.61 bits per heavy atom. The fraction of sp³-hybridized carbons (Fsp3) is 0.269. The van der Waals surface area contributed by atoms with Crippen molar-refractivity contribution in [2.45, 2.75) is 18.7 Å². The van der Waals surface area contributed by atoms with Crippen LogP contribution in [0.1, 0.15) is 35.4 Å². The van der Waals surface area contributed by atoms with E-state index in [1.165, 1.54) is 0 Å². The molecule has 0 N–H and O–H groups in total. The average Bonchev–Trinajstić information content (AvgIpc) is 3.33. The van der Waals surface area contributed by atoms with Gasteiger partial charge >= 0.3 is 0 Å². The van der Waals surface area contributed by atoms with E-state index in [1.807, 2.05) is 53.5 Å². The van der Waals surface area contributed by atoms with Crippen molar-refractivity contribution in [2.24, 2.45) is 5.10 Å². The highest BCUT2D eigenvalue weighted by atomic mass is 16.5. The second-order valence-corrected chi connectivity index (χ2v) is 7.85. The van der Waals surface area contributed by atoms with Crippen LogP contribution in [0, 0.1) is 0 Å². The number of hydrogen-bond donors (Lipinski definition) is 0. The molecule has 0 unspecified atom stereocenters. The quantitative estimate of drug-likeness (QED) is 0.533. The summed E-state index contributed by atoms with van der Waals surface area (Å²) in [5, 5.41) is 7.05. The first-order valence-corrected chi connectivity index (χ1v) is 10.7. The van der Waals surface area contributed by atoms with Crippen LogP contribution in [0.15, 0.2) is 65.8 Å². The van der Waals surface area contributed by atoms with Gasteiger partial charge in [-0.3, -0.25) is 0 Å². The lowest BCUT2D eigenvalue weighted by molar-refractivity contribution is -0.0192. The maximum absolute atomic E-state index is 6.48. The van der Waals surface area contributed by atoms with Gasteiger partial charge in [0.25, 0.3) is 0 Å². The van der Waals surface area contributed by atoms with Gasteiger partial charge in [-0.25, -0.2) is 5.01 Å². The molecule has 33 heavy (non-hydrogen) atoms. The van der Waals surface area contributed by atoms with Crippen LogP contribution in [0.25, 0.3) is 0 Å². The van der Waals surface area contributed by atoms with E-state index in [0.29, 0.717) is 17.2 Å². The molecule has 2 aliphatic rings. The topological polar surface area (TPSA) is 61.8 Å². The Morgan fingerprint density at radius 3 is 2.30 bits per heavy atom. The number of hydrazone groups is 1. The van der Waals surface area contributed by atoms with E-state index in [-0.39, 0.29) is 6.04 Å². The first-order chi connectivity index (χ1) is 16.2. The average molecular weight is 447 g/mol. The van der Waals surface area contributed by atoms with E-state index < -0.39 is 6.23 Å². The maximum Gasteiger partial charge on any atom is 0.214 e. The Morgan fingerprint density at radius 1 is 0.848 bits per heavy atom. The van der Waals surface area contributed by atoms with E-state index in [4.69, 9.17) is 28.8 Å². The minimum atomic E-state index is -0.457. The van der Waals surface area contributed by atoms with Crippen LogP contribution >= 0.6 is 0 Å². The Hall–Kier alpha value is -3.87. The predicted octanol–water partition coefficient (Wildman–Crippen LogP) is 4.96. The van der Waals surface area contributed by atoms with E-state index >= 15 is 0 Å². The van der Waals surface area contributed by atoms with Crippen LogP contribution in [0.5, 0.6) is 28.7 Å². The summed E-state index contributed by atoms with van der Waals surface area (Å²) >= 11 is 0. The highest BCUT2D eigenvalue weighted by Gasteiger charge is 2.41. The summed E-state index contributed by atoms with van der Waals surface area (Å²) in [5.41, 5.74) is 3.99. The van der Waals surface area contributed by atoms with Crippen LogP contribution in [0.2, 0.25) is 0 Å². The fourth-order valence-corrected chi connectivity index (χ4v) is 4.48. The number of fused-ring (bicyclic) bond motifs is 3. The normalized spacial score (nSPS) is 18.5. The number of nitrogens with zero attached hydrogens (tertiary/aromatic N) is 2. The van der Waals surface area contributed by atoms with Gasteiger partial charge in [-0.2, -0.15) is 5.10 Å². The van der Waals surface area contributed by atoms with Crippen LogP contribution < -0.4 is 23.7 Å². The molecule has 0 amide bonds. The SMILES string of the molecule is COc1cccc(C2=NN3[C@@H](c4cc(OC)c(OC)c(OC)c4)Oc4ccccc4[C@@H]3C2)c1. The molecule has 7 nitrogen and oxygen atoms in total. The van der Waals surface area contributed by atoms with Crippen LogP contribution in [0.3, 0.4) is 0 Å². The molecule has 0 bridgehead atoms. The zero-order valence-corrected chi connectivity index (χ0v) is 19.1. The van der Waals surface area contributed by atoms with Gasteiger partial charge in [0.05, 0.1) is 40.2 Å². The Labute approximate surface area is 193 Å². The van der Waals surface area contributed by atoms with Crippen LogP contribution in [-0.2, 0) is 0 Å². The molecule has 2 aliphatic heterocycles. The molecule has 0 radical (unpaired) electrons. The van der Waals surface area contributed by atoms with Crippen LogP contribution in [-0.4, -0.2) is 39.2 Å². The molecule has 5 rings (SSSR count). The Balaban J connectivity index is 1.61. The minimum absolute atomic E-state index is 0.0419. The molecular weight excluding hydrogens is 420 g/mol. The summed E-state index contributed by atoms with van der Waals surface area (Å²) in [5.74, 6) is 3.33. The minimum Gasteiger partial charge on any atom is -0.497 e. The van der Waals surface area contributed by atoms with E-state index in [0.717, 1.165) is 40.3 Å². The first-order valence-electron chi connectivity index (χ1n) is 10.7. The molecule has 3 aromatic rings. The lowest BCUT2D eigenvalue weighted by Gasteiger charge is -2.38. The summed E-state index contributed by atoms with van der Waals surface area (Å²) < 4.78 is 28.5. The van der Waals surface area contributed by atoms with Crippen molar-refractivity contribution in [3.05, 3.63) is 77.4 Å². The van der Waals surface area contributed by atoms with Gasteiger partial charge < -0.3 is 23.7 Å². The number of ether oxygens (including phenoxy) is 5. The van der Waals surface area contributed by atoms with E-state index in [9.17, 15) is 0 Å². The second-order valence-electron chi connectivity index (χ2n) is 7.85. The molecule has 2 heterocycles. The summed E-state index contributed by atoms with van der Waals surface area (Å²) in [6.45, 7) is 0. The molecule has 0 aliphatic carbocycles. The number of hydrogen-bond acceptors (Lipinski definition) is 7. The molecule has 0 saturated carbocycles. The van der Waals surface area contributed by atoms with Crippen molar-refractivity contribution < 1.29 is 23.7 Å². The third kappa shape index (κ3) is 3.59. The van der Waals surface area contributed by atoms with Gasteiger partial charge in [-0.1, -0.05) is 30.3 Å². The summed E-state index contributed by atoms with van der Waals surface area (Å²) in [7, 11) is 6.48. The highest BCUT2D eigenvalue weighted by molar-refractivity contribution is 6.02.